The first kappa shape index (κ1) is 22.9. The Balaban J connectivity index is 1.74. The Morgan fingerprint density at radius 1 is 0.774 bits per heavy atom. The second-order valence-corrected chi connectivity index (χ2v) is 7.77. The van der Waals surface area contributed by atoms with E-state index in [1.807, 2.05) is 7.05 Å². The smallest absolute Gasteiger partial charge is 0.126 e. The van der Waals surface area contributed by atoms with Gasteiger partial charge in [0, 0.05) is 5.56 Å². The fraction of sp³-hybridized carbons (Fsp3) is 0.333. The fourth-order valence-electron chi connectivity index (χ4n) is 4.16. The zero-order valence-electron chi connectivity index (χ0n) is 19.0. The van der Waals surface area contributed by atoms with Crippen molar-refractivity contribution in [1.82, 2.24) is 10.6 Å². The Kier molecular flexibility index (Phi) is 8.51. The molecule has 4 heteroatoms. The van der Waals surface area contributed by atoms with E-state index < -0.39 is 0 Å². The molecule has 3 aromatic rings. The van der Waals surface area contributed by atoms with Crippen molar-refractivity contribution in [3.05, 3.63) is 95.1 Å². The van der Waals surface area contributed by atoms with Gasteiger partial charge >= 0.3 is 0 Å². The van der Waals surface area contributed by atoms with Crippen molar-refractivity contribution in [2.45, 2.75) is 31.8 Å². The Morgan fingerprint density at radius 3 is 1.77 bits per heavy atom. The summed E-state index contributed by atoms with van der Waals surface area (Å²) in [5.41, 5.74) is 4.81. The number of rotatable bonds is 11. The molecule has 4 nitrogen and oxygen atoms in total. The highest BCUT2D eigenvalue weighted by molar-refractivity contribution is 5.48. The molecule has 31 heavy (non-hydrogen) atoms. The zero-order valence-corrected chi connectivity index (χ0v) is 19.0. The molecule has 3 aromatic carbocycles. The lowest BCUT2D eigenvalue weighted by Gasteiger charge is -2.29. The fourth-order valence-corrected chi connectivity index (χ4v) is 4.16. The predicted molar refractivity (Wildman–Crippen MR) is 128 cm³/mol. The van der Waals surface area contributed by atoms with E-state index >= 15 is 0 Å². The first-order valence-electron chi connectivity index (χ1n) is 10.9. The molecule has 3 rings (SSSR count). The zero-order chi connectivity index (χ0) is 22.1. The molecule has 2 atom stereocenters. The van der Waals surface area contributed by atoms with Gasteiger partial charge in [-0.1, -0.05) is 60.7 Å². The summed E-state index contributed by atoms with van der Waals surface area (Å²) in [6.45, 7) is 2.94. The third kappa shape index (κ3) is 5.87. The number of hydrogen-bond donors (Lipinski definition) is 2. The average Bonchev–Trinajstić information content (AvgIpc) is 2.82. The minimum atomic E-state index is 0.162. The standard InChI is InChI=1S/C27H34N2O2/c1-20-18-24(30-3)23(25(19-20)31-4)16-11-17-29-27(22-14-9-6-10-15-22)26(28-2)21-12-7-5-8-13-21/h5-10,12-15,18-19,26-29H,11,16-17H2,1-4H3. The van der Waals surface area contributed by atoms with E-state index in [-0.39, 0.29) is 12.1 Å². The highest BCUT2D eigenvalue weighted by atomic mass is 16.5. The van der Waals surface area contributed by atoms with Crippen molar-refractivity contribution >= 4 is 0 Å². The summed E-state index contributed by atoms with van der Waals surface area (Å²) in [5.74, 6) is 1.79. The van der Waals surface area contributed by atoms with Crippen LogP contribution in [0, 0.1) is 6.92 Å². The Morgan fingerprint density at radius 2 is 1.29 bits per heavy atom. The van der Waals surface area contributed by atoms with E-state index in [9.17, 15) is 0 Å². The molecule has 164 valence electrons. The quantitative estimate of drug-likeness (QED) is 0.418. The summed E-state index contributed by atoms with van der Waals surface area (Å²) in [7, 11) is 5.47. The predicted octanol–water partition coefficient (Wildman–Crippen LogP) is 5.24. The van der Waals surface area contributed by atoms with Crippen molar-refractivity contribution < 1.29 is 9.47 Å². The first-order chi connectivity index (χ1) is 15.2. The molecule has 0 fully saturated rings. The van der Waals surface area contributed by atoms with Gasteiger partial charge in [-0.2, -0.15) is 0 Å². The minimum absolute atomic E-state index is 0.162. The highest BCUT2D eigenvalue weighted by Crippen LogP contribution is 2.32. The lowest BCUT2D eigenvalue weighted by Crippen LogP contribution is -2.34. The van der Waals surface area contributed by atoms with Crippen LogP contribution in [0.4, 0.5) is 0 Å². The van der Waals surface area contributed by atoms with Gasteiger partial charge in [-0.05, 0) is 62.2 Å². The topological polar surface area (TPSA) is 42.5 Å². The van der Waals surface area contributed by atoms with Crippen molar-refractivity contribution in [2.75, 3.05) is 27.8 Å². The average molecular weight is 419 g/mol. The van der Waals surface area contributed by atoms with E-state index in [0.717, 1.165) is 42.0 Å². The molecule has 0 aliphatic rings. The van der Waals surface area contributed by atoms with Crippen LogP contribution < -0.4 is 20.1 Å². The van der Waals surface area contributed by atoms with Crippen LogP contribution in [0.1, 0.15) is 40.8 Å². The monoisotopic (exact) mass is 418 g/mol. The number of nitrogens with one attached hydrogen (secondary N) is 2. The van der Waals surface area contributed by atoms with Crippen molar-refractivity contribution in [2.24, 2.45) is 0 Å². The van der Waals surface area contributed by atoms with Crippen molar-refractivity contribution in [1.29, 1.82) is 0 Å². The van der Waals surface area contributed by atoms with Crippen LogP contribution in [-0.4, -0.2) is 27.8 Å². The second-order valence-electron chi connectivity index (χ2n) is 7.77. The number of aryl methyl sites for hydroxylation is 1. The van der Waals surface area contributed by atoms with Gasteiger partial charge in [0.05, 0.1) is 26.3 Å². The largest absolute Gasteiger partial charge is 0.496 e. The third-order valence-electron chi connectivity index (χ3n) is 5.68. The molecule has 0 aliphatic carbocycles. The molecule has 0 radical (unpaired) electrons. The van der Waals surface area contributed by atoms with Crippen LogP contribution in [0.25, 0.3) is 0 Å². The number of likely N-dealkylation sites (N-methyl/N-ethyl adjacent to an activating group) is 1. The first-order valence-corrected chi connectivity index (χ1v) is 10.9. The molecule has 0 saturated heterocycles. The van der Waals surface area contributed by atoms with Crippen molar-refractivity contribution in [3.63, 3.8) is 0 Å². The van der Waals surface area contributed by atoms with Crippen LogP contribution in [0.15, 0.2) is 72.8 Å². The summed E-state index contributed by atoms with van der Waals surface area (Å²) in [6.07, 6.45) is 1.86. The molecule has 0 spiro atoms. The lowest BCUT2D eigenvalue weighted by atomic mass is 9.93. The Bertz CT molecular complexity index is 903. The SMILES string of the molecule is CNC(c1ccccc1)C(NCCCc1c(OC)cc(C)cc1OC)c1ccccc1. The molecular formula is C27H34N2O2. The summed E-state index contributed by atoms with van der Waals surface area (Å²) < 4.78 is 11.2. The Labute approximate surface area is 186 Å². The normalized spacial score (nSPS) is 12.9. The molecule has 2 unspecified atom stereocenters. The van der Waals surface area contributed by atoms with Gasteiger partial charge < -0.3 is 20.1 Å². The number of methoxy groups -OCH3 is 2. The molecule has 0 saturated carbocycles. The van der Waals surface area contributed by atoms with Crippen molar-refractivity contribution in [3.8, 4) is 11.5 Å². The molecule has 0 bridgehead atoms. The summed E-state index contributed by atoms with van der Waals surface area (Å²) >= 11 is 0. The van der Waals surface area contributed by atoms with Gasteiger partial charge in [0.1, 0.15) is 11.5 Å². The van der Waals surface area contributed by atoms with Crippen LogP contribution in [0.5, 0.6) is 11.5 Å². The van der Waals surface area contributed by atoms with Crippen LogP contribution in [0.3, 0.4) is 0 Å². The van der Waals surface area contributed by atoms with E-state index in [4.69, 9.17) is 9.47 Å². The van der Waals surface area contributed by atoms with Crippen LogP contribution in [0.2, 0.25) is 0 Å². The van der Waals surface area contributed by atoms with Gasteiger partial charge in [0.25, 0.3) is 0 Å². The third-order valence-corrected chi connectivity index (χ3v) is 5.68. The maximum atomic E-state index is 5.62. The van der Waals surface area contributed by atoms with Gasteiger partial charge in [-0.25, -0.2) is 0 Å². The van der Waals surface area contributed by atoms with E-state index in [2.05, 4.69) is 90.4 Å². The minimum Gasteiger partial charge on any atom is -0.496 e. The number of hydrogen-bond acceptors (Lipinski definition) is 4. The summed E-state index contributed by atoms with van der Waals surface area (Å²) in [4.78, 5) is 0. The van der Waals surface area contributed by atoms with E-state index in [1.165, 1.54) is 11.1 Å². The maximum absolute atomic E-state index is 5.62. The summed E-state index contributed by atoms with van der Waals surface area (Å²) in [5, 5.41) is 7.31. The van der Waals surface area contributed by atoms with E-state index in [0.29, 0.717) is 0 Å². The molecule has 2 N–H and O–H groups in total. The van der Waals surface area contributed by atoms with Crippen LogP contribution in [-0.2, 0) is 6.42 Å². The molecule has 0 amide bonds. The molecule has 0 aliphatic heterocycles. The maximum Gasteiger partial charge on any atom is 0.126 e. The second kappa shape index (κ2) is 11.5. The van der Waals surface area contributed by atoms with Gasteiger partial charge in [0.15, 0.2) is 0 Å². The van der Waals surface area contributed by atoms with Gasteiger partial charge in [-0.3, -0.25) is 0 Å². The Hall–Kier alpha value is -2.82. The van der Waals surface area contributed by atoms with Gasteiger partial charge in [-0.15, -0.1) is 0 Å². The van der Waals surface area contributed by atoms with E-state index in [1.54, 1.807) is 14.2 Å². The molecule has 0 heterocycles. The molecule has 0 aromatic heterocycles. The highest BCUT2D eigenvalue weighted by Gasteiger charge is 2.23. The van der Waals surface area contributed by atoms with Gasteiger partial charge in [0.2, 0.25) is 0 Å². The number of benzene rings is 3. The molecular weight excluding hydrogens is 384 g/mol. The van der Waals surface area contributed by atoms with Crippen LogP contribution >= 0.6 is 0 Å². The number of ether oxygens (including phenoxy) is 2. The lowest BCUT2D eigenvalue weighted by molar-refractivity contribution is 0.380. The summed E-state index contributed by atoms with van der Waals surface area (Å²) in [6, 6.07) is 25.7.